The number of carbonyl (C=O) groups is 1. The maximum absolute atomic E-state index is 11.0. The summed E-state index contributed by atoms with van der Waals surface area (Å²) in [5.41, 5.74) is 0.0993. The largest absolute Gasteiger partial charge is 0.443 e. The van der Waals surface area contributed by atoms with Crippen molar-refractivity contribution >= 4 is 16.1 Å². The Kier molecular flexibility index (Phi) is 5.59. The molecule has 0 saturated heterocycles. The molecule has 0 spiro atoms. The van der Waals surface area contributed by atoms with Gasteiger partial charge >= 0.3 is 16.1 Å². The van der Waals surface area contributed by atoms with Crippen LogP contribution in [0.1, 0.15) is 13.3 Å². The van der Waals surface area contributed by atoms with Crippen molar-refractivity contribution in [3.05, 3.63) is 12.2 Å². The van der Waals surface area contributed by atoms with E-state index in [1.54, 1.807) is 6.07 Å². The number of esters is 1. The lowest BCUT2D eigenvalue weighted by atomic mass is 10.4. The van der Waals surface area contributed by atoms with Crippen LogP contribution in [0.2, 0.25) is 0 Å². The van der Waals surface area contributed by atoms with Gasteiger partial charge in [-0.1, -0.05) is 6.58 Å². The Bertz CT molecular complexity index is 378. The normalized spacial score (nSPS) is 10.4. The molecule has 0 saturated carbocycles. The SMILES string of the molecule is C=C(C)C(=O)OCS(=O)(=O)OCCC#N. The van der Waals surface area contributed by atoms with Gasteiger partial charge in [0.2, 0.25) is 5.94 Å². The fourth-order valence-corrected chi connectivity index (χ4v) is 1.15. The third-order valence-electron chi connectivity index (χ3n) is 1.16. The van der Waals surface area contributed by atoms with Crippen LogP contribution in [0.25, 0.3) is 0 Å². The van der Waals surface area contributed by atoms with Gasteiger partial charge in [-0.05, 0) is 6.92 Å². The number of rotatable bonds is 6. The molecule has 0 N–H and O–H groups in total. The summed E-state index contributed by atoms with van der Waals surface area (Å²) >= 11 is 0. The first-order valence-electron chi connectivity index (χ1n) is 3.95. The zero-order chi connectivity index (χ0) is 11.9. The molecule has 0 amide bonds. The number of carbonyl (C=O) groups excluding carboxylic acids is 1. The molecule has 0 radical (unpaired) electrons. The third kappa shape index (κ3) is 6.65. The molecule has 0 fully saturated rings. The van der Waals surface area contributed by atoms with Crippen molar-refractivity contribution in [3.63, 3.8) is 0 Å². The average molecular weight is 233 g/mol. The maximum Gasteiger partial charge on any atom is 0.334 e. The molecule has 0 bridgehead atoms. The zero-order valence-corrected chi connectivity index (χ0v) is 9.04. The summed E-state index contributed by atoms with van der Waals surface area (Å²) in [7, 11) is -3.92. The van der Waals surface area contributed by atoms with E-state index < -0.39 is 22.0 Å². The average Bonchev–Trinajstić information content (AvgIpc) is 2.14. The number of nitrogens with zero attached hydrogens (tertiary/aromatic N) is 1. The first-order chi connectivity index (χ1) is 6.89. The summed E-state index contributed by atoms with van der Waals surface area (Å²) in [6.07, 6.45) is -0.0480. The van der Waals surface area contributed by atoms with Crippen LogP contribution >= 0.6 is 0 Å². The zero-order valence-electron chi connectivity index (χ0n) is 8.23. The smallest absolute Gasteiger partial charge is 0.334 e. The highest BCUT2D eigenvalue weighted by Crippen LogP contribution is 1.99. The van der Waals surface area contributed by atoms with Gasteiger partial charge in [0.15, 0.2) is 0 Å². The lowest BCUT2D eigenvalue weighted by Crippen LogP contribution is -2.17. The molecular weight excluding hydrogens is 222 g/mol. The van der Waals surface area contributed by atoms with Gasteiger partial charge < -0.3 is 4.74 Å². The van der Waals surface area contributed by atoms with Crippen molar-refractivity contribution in [3.8, 4) is 6.07 Å². The Morgan fingerprint density at radius 2 is 2.13 bits per heavy atom. The van der Waals surface area contributed by atoms with Crippen LogP contribution in [-0.2, 0) is 23.8 Å². The van der Waals surface area contributed by atoms with E-state index in [4.69, 9.17) is 5.26 Å². The summed E-state index contributed by atoms with van der Waals surface area (Å²) in [5, 5.41) is 8.13. The van der Waals surface area contributed by atoms with E-state index in [2.05, 4.69) is 15.5 Å². The molecule has 0 unspecified atom stereocenters. The summed E-state index contributed by atoms with van der Waals surface area (Å²) in [5.74, 6) is -1.67. The Hall–Kier alpha value is -1.39. The molecule has 0 aromatic heterocycles. The van der Waals surface area contributed by atoms with Gasteiger partial charge in [0.25, 0.3) is 0 Å². The van der Waals surface area contributed by atoms with Gasteiger partial charge in [0.1, 0.15) is 0 Å². The second-order valence-electron chi connectivity index (χ2n) is 2.62. The molecule has 6 nitrogen and oxygen atoms in total. The second-order valence-corrected chi connectivity index (χ2v) is 4.20. The molecule has 0 atom stereocenters. The molecule has 7 heteroatoms. The lowest BCUT2D eigenvalue weighted by Gasteiger charge is -2.05. The maximum atomic E-state index is 11.0. The van der Waals surface area contributed by atoms with E-state index in [0.29, 0.717) is 0 Å². The molecule has 0 aliphatic carbocycles. The topological polar surface area (TPSA) is 93.5 Å². The summed E-state index contributed by atoms with van der Waals surface area (Å²) in [4.78, 5) is 10.8. The van der Waals surface area contributed by atoms with E-state index in [1.807, 2.05) is 0 Å². The highest BCUT2D eigenvalue weighted by molar-refractivity contribution is 7.86. The molecule has 15 heavy (non-hydrogen) atoms. The highest BCUT2D eigenvalue weighted by Gasteiger charge is 2.14. The van der Waals surface area contributed by atoms with Crippen LogP contribution in [0.4, 0.5) is 0 Å². The number of hydrogen-bond donors (Lipinski definition) is 0. The minimum absolute atomic E-state index is 0.0480. The number of hydrogen-bond acceptors (Lipinski definition) is 6. The van der Waals surface area contributed by atoms with Gasteiger partial charge in [-0.15, -0.1) is 0 Å². The molecule has 0 aliphatic rings. The lowest BCUT2D eigenvalue weighted by molar-refractivity contribution is -0.137. The molecular formula is C8H11NO5S. The van der Waals surface area contributed by atoms with E-state index in [9.17, 15) is 13.2 Å². The van der Waals surface area contributed by atoms with Gasteiger partial charge in [-0.25, -0.2) is 4.79 Å². The van der Waals surface area contributed by atoms with Crippen LogP contribution in [0.15, 0.2) is 12.2 Å². The van der Waals surface area contributed by atoms with Gasteiger partial charge in [0, 0.05) is 5.57 Å². The Balaban J connectivity index is 4.01. The highest BCUT2D eigenvalue weighted by atomic mass is 32.2. The molecule has 0 aliphatic heterocycles. The quantitative estimate of drug-likeness (QED) is 0.284. The fraction of sp³-hybridized carbons (Fsp3) is 0.500. The molecule has 84 valence electrons. The minimum Gasteiger partial charge on any atom is -0.443 e. The first-order valence-corrected chi connectivity index (χ1v) is 5.53. The van der Waals surface area contributed by atoms with E-state index in [0.717, 1.165) is 0 Å². The molecule has 0 aromatic carbocycles. The van der Waals surface area contributed by atoms with Crippen molar-refractivity contribution < 1.29 is 22.1 Å². The van der Waals surface area contributed by atoms with Crippen LogP contribution in [-0.4, -0.2) is 26.9 Å². The van der Waals surface area contributed by atoms with Crippen molar-refractivity contribution in [2.45, 2.75) is 13.3 Å². The molecule has 0 rings (SSSR count). The fourth-order valence-electron chi connectivity index (χ4n) is 0.497. The van der Waals surface area contributed by atoms with Crippen molar-refractivity contribution in [1.29, 1.82) is 5.26 Å². The van der Waals surface area contributed by atoms with Crippen LogP contribution < -0.4 is 0 Å². The second kappa shape index (κ2) is 6.16. The van der Waals surface area contributed by atoms with E-state index >= 15 is 0 Å². The predicted molar refractivity (Wildman–Crippen MR) is 50.9 cm³/mol. The van der Waals surface area contributed by atoms with Gasteiger partial charge in [-0.2, -0.15) is 13.7 Å². The van der Waals surface area contributed by atoms with Crippen molar-refractivity contribution in [2.24, 2.45) is 0 Å². The van der Waals surface area contributed by atoms with E-state index in [-0.39, 0.29) is 18.6 Å². The van der Waals surface area contributed by atoms with Crippen LogP contribution in [0.5, 0.6) is 0 Å². The standard InChI is InChI=1S/C8H11NO5S/c1-7(2)8(10)13-6-15(11,12)14-5-3-4-9/h1,3,5-6H2,2H3. The molecule has 0 heterocycles. The first kappa shape index (κ1) is 13.6. The van der Waals surface area contributed by atoms with Gasteiger partial charge in [0.05, 0.1) is 19.1 Å². The van der Waals surface area contributed by atoms with Crippen LogP contribution in [0, 0.1) is 11.3 Å². The van der Waals surface area contributed by atoms with Crippen LogP contribution in [0.3, 0.4) is 0 Å². The minimum atomic E-state index is -3.92. The van der Waals surface area contributed by atoms with Gasteiger partial charge in [-0.3, -0.25) is 4.18 Å². The Morgan fingerprint density at radius 1 is 1.53 bits per heavy atom. The Labute approximate surface area is 88.2 Å². The monoisotopic (exact) mass is 233 g/mol. The predicted octanol–water partition coefficient (Wildman–Crippen LogP) is 0.323. The van der Waals surface area contributed by atoms with Crippen molar-refractivity contribution in [1.82, 2.24) is 0 Å². The summed E-state index contributed by atoms with van der Waals surface area (Å²) in [6, 6.07) is 1.71. The summed E-state index contributed by atoms with van der Waals surface area (Å²) in [6.45, 7) is 4.43. The van der Waals surface area contributed by atoms with E-state index in [1.165, 1.54) is 6.92 Å². The number of nitriles is 1. The molecule has 0 aromatic rings. The Morgan fingerprint density at radius 3 is 2.60 bits per heavy atom. The number of ether oxygens (including phenoxy) is 1. The van der Waals surface area contributed by atoms with Crippen molar-refractivity contribution in [2.75, 3.05) is 12.5 Å². The third-order valence-corrected chi connectivity index (χ3v) is 2.09. The summed E-state index contributed by atoms with van der Waals surface area (Å²) < 4.78 is 30.7.